The maximum Gasteiger partial charge on any atom is 0.426 e. The molecule has 2 heterocycles. The molecule has 0 aliphatic rings. The maximum atomic E-state index is 12.4. The molecule has 0 atom stereocenters. The average molecular weight is 356 g/mol. The van der Waals surface area contributed by atoms with E-state index in [0.717, 1.165) is 4.52 Å². The molecule has 9 nitrogen and oxygen atoms in total. The molecule has 0 radical (unpaired) electrons. The van der Waals surface area contributed by atoms with Gasteiger partial charge in [-0.3, -0.25) is 4.68 Å². The standard InChI is InChI=1S/C12H10ClN5O4S/c1-17-7-14-11-15-9(13)10(18(11)17)23(20,21)16-12(19)22-8-5-3-2-4-6-8/h2-7H,1H3,(H,16,19). The first-order valence-corrected chi connectivity index (χ1v) is 8.10. The molecule has 1 amide bonds. The maximum absolute atomic E-state index is 12.4. The lowest BCUT2D eigenvalue weighted by molar-refractivity contribution is 0.206. The molecule has 0 unspecified atom stereocenters. The van der Waals surface area contributed by atoms with Crippen molar-refractivity contribution in [1.82, 2.24) is 23.9 Å². The molecule has 0 saturated heterocycles. The Balaban J connectivity index is 1.90. The van der Waals surface area contributed by atoms with Gasteiger partial charge in [0, 0.05) is 7.05 Å². The highest BCUT2D eigenvalue weighted by molar-refractivity contribution is 7.90. The normalized spacial score (nSPS) is 11.6. The Bertz CT molecular complexity index is 980. The van der Waals surface area contributed by atoms with Gasteiger partial charge in [-0.25, -0.2) is 14.0 Å². The van der Waals surface area contributed by atoms with Gasteiger partial charge in [0.05, 0.1) is 0 Å². The summed E-state index contributed by atoms with van der Waals surface area (Å²) in [5.74, 6) is 0.291. The summed E-state index contributed by atoms with van der Waals surface area (Å²) in [7, 11) is -2.75. The smallest absolute Gasteiger partial charge is 0.410 e. The number of rotatable bonds is 3. The number of aryl methyl sites for hydroxylation is 1. The van der Waals surface area contributed by atoms with Gasteiger partial charge in [-0.15, -0.1) is 0 Å². The van der Waals surface area contributed by atoms with Crippen molar-refractivity contribution < 1.29 is 17.9 Å². The minimum absolute atomic E-state index is 0.0919. The minimum Gasteiger partial charge on any atom is -0.410 e. The van der Waals surface area contributed by atoms with Crippen LogP contribution >= 0.6 is 11.6 Å². The predicted molar refractivity (Wildman–Crippen MR) is 79.8 cm³/mol. The predicted octanol–water partition coefficient (Wildman–Crippen LogP) is 1.20. The first-order chi connectivity index (χ1) is 10.9. The molecule has 2 aromatic heterocycles. The van der Waals surface area contributed by atoms with Gasteiger partial charge >= 0.3 is 6.09 Å². The van der Waals surface area contributed by atoms with Gasteiger partial charge < -0.3 is 4.74 Å². The number of nitrogens with one attached hydrogen (secondary N) is 1. The number of amides is 1. The zero-order valence-electron chi connectivity index (χ0n) is 11.7. The Morgan fingerprint density at radius 2 is 2.00 bits per heavy atom. The number of imidazole rings is 1. The van der Waals surface area contributed by atoms with Crippen LogP contribution in [0.4, 0.5) is 4.79 Å². The fourth-order valence-electron chi connectivity index (χ4n) is 1.92. The first kappa shape index (κ1) is 15.3. The van der Waals surface area contributed by atoms with Gasteiger partial charge in [0.1, 0.15) is 12.1 Å². The second-order valence-corrected chi connectivity index (χ2v) is 6.40. The van der Waals surface area contributed by atoms with Crippen molar-refractivity contribution in [2.24, 2.45) is 7.05 Å². The van der Waals surface area contributed by atoms with Gasteiger partial charge in [-0.05, 0) is 12.1 Å². The summed E-state index contributed by atoms with van der Waals surface area (Å²) in [6.45, 7) is 0. The average Bonchev–Trinajstić information content (AvgIpc) is 2.98. The van der Waals surface area contributed by atoms with E-state index in [1.165, 1.54) is 23.1 Å². The fraction of sp³-hybridized carbons (Fsp3) is 0.0833. The number of fused-ring (bicyclic) bond motifs is 1. The zero-order chi connectivity index (χ0) is 16.6. The molecule has 0 spiro atoms. The van der Waals surface area contributed by atoms with E-state index < -0.39 is 21.1 Å². The van der Waals surface area contributed by atoms with Gasteiger partial charge in [0.2, 0.25) is 5.03 Å². The number of carbonyl (C=O) groups excluding carboxylic acids is 1. The third-order valence-corrected chi connectivity index (χ3v) is 4.52. The van der Waals surface area contributed by atoms with Crippen LogP contribution in [0.2, 0.25) is 5.15 Å². The number of aromatic nitrogens is 4. The van der Waals surface area contributed by atoms with E-state index in [2.05, 4.69) is 9.97 Å². The molecule has 3 rings (SSSR count). The Morgan fingerprint density at radius 1 is 1.30 bits per heavy atom. The van der Waals surface area contributed by atoms with E-state index in [1.54, 1.807) is 30.0 Å². The van der Waals surface area contributed by atoms with Crippen LogP contribution < -0.4 is 9.46 Å². The highest BCUT2D eigenvalue weighted by atomic mass is 35.5. The van der Waals surface area contributed by atoms with Gasteiger partial charge in [0.15, 0.2) is 5.15 Å². The topological polar surface area (TPSA) is 108 Å². The minimum atomic E-state index is -4.30. The molecule has 1 aromatic carbocycles. The largest absolute Gasteiger partial charge is 0.426 e. The lowest BCUT2D eigenvalue weighted by Gasteiger charge is -2.08. The van der Waals surface area contributed by atoms with Gasteiger partial charge in [-0.2, -0.15) is 18.4 Å². The number of nitrogens with zero attached hydrogens (tertiary/aromatic N) is 4. The van der Waals surface area contributed by atoms with Gasteiger partial charge in [0.25, 0.3) is 15.8 Å². The third-order valence-electron chi connectivity index (χ3n) is 2.84. The Hall–Kier alpha value is -2.59. The summed E-state index contributed by atoms with van der Waals surface area (Å²) in [5.41, 5.74) is 0. The van der Waals surface area contributed by atoms with E-state index in [4.69, 9.17) is 16.3 Å². The highest BCUT2D eigenvalue weighted by Crippen LogP contribution is 2.21. The molecule has 0 aliphatic heterocycles. The van der Waals surface area contributed by atoms with Crippen molar-refractivity contribution in [2.45, 2.75) is 5.03 Å². The zero-order valence-corrected chi connectivity index (χ0v) is 13.2. The fourth-order valence-corrected chi connectivity index (χ4v) is 3.44. The number of carbonyl (C=O) groups is 1. The molecule has 0 saturated carbocycles. The van der Waals surface area contributed by atoms with Crippen molar-refractivity contribution in [1.29, 1.82) is 0 Å². The lowest BCUT2D eigenvalue weighted by Crippen LogP contribution is -2.34. The quantitative estimate of drug-likeness (QED) is 0.756. The van der Waals surface area contributed by atoms with E-state index >= 15 is 0 Å². The van der Waals surface area contributed by atoms with Crippen LogP contribution in [0.25, 0.3) is 5.78 Å². The van der Waals surface area contributed by atoms with Crippen molar-refractivity contribution in [2.75, 3.05) is 0 Å². The van der Waals surface area contributed by atoms with Crippen LogP contribution in [-0.2, 0) is 17.1 Å². The molecule has 0 fully saturated rings. The summed E-state index contributed by atoms with van der Waals surface area (Å²) in [4.78, 5) is 19.5. The molecule has 23 heavy (non-hydrogen) atoms. The molecule has 11 heteroatoms. The molecule has 120 valence electrons. The third kappa shape index (κ3) is 2.85. The SMILES string of the molecule is Cn1cnc2nc(Cl)c(S(=O)(=O)NC(=O)Oc3ccccc3)n21. The summed E-state index contributed by atoms with van der Waals surface area (Å²) in [6.07, 6.45) is 0.198. The number of benzene rings is 1. The molecule has 0 aliphatic carbocycles. The summed E-state index contributed by atoms with van der Waals surface area (Å²) in [5, 5.41) is -0.706. The van der Waals surface area contributed by atoms with Crippen molar-refractivity contribution in [3.8, 4) is 5.75 Å². The Kier molecular flexibility index (Phi) is 3.70. The van der Waals surface area contributed by atoms with Crippen LogP contribution in [0.3, 0.4) is 0 Å². The van der Waals surface area contributed by atoms with Gasteiger partial charge in [-0.1, -0.05) is 29.8 Å². The second kappa shape index (κ2) is 5.56. The number of hydrogen-bond acceptors (Lipinski definition) is 6. The number of sulfonamides is 1. The van der Waals surface area contributed by atoms with Crippen molar-refractivity contribution in [3.63, 3.8) is 0 Å². The first-order valence-electron chi connectivity index (χ1n) is 6.24. The van der Waals surface area contributed by atoms with Crippen LogP contribution in [-0.4, -0.2) is 33.7 Å². The van der Waals surface area contributed by atoms with Crippen molar-refractivity contribution in [3.05, 3.63) is 41.8 Å². The van der Waals surface area contributed by atoms with E-state index in [-0.39, 0.29) is 16.7 Å². The van der Waals surface area contributed by atoms with E-state index in [0.29, 0.717) is 0 Å². The monoisotopic (exact) mass is 355 g/mol. The highest BCUT2D eigenvalue weighted by Gasteiger charge is 2.29. The molecule has 1 N–H and O–H groups in total. The van der Waals surface area contributed by atoms with E-state index in [9.17, 15) is 13.2 Å². The van der Waals surface area contributed by atoms with Crippen LogP contribution in [0.5, 0.6) is 5.75 Å². The number of halogens is 1. The van der Waals surface area contributed by atoms with Crippen LogP contribution in [0.1, 0.15) is 0 Å². The molecular weight excluding hydrogens is 346 g/mol. The second-order valence-electron chi connectivity index (χ2n) is 4.45. The molecular formula is C12H10ClN5O4S. The summed E-state index contributed by atoms with van der Waals surface area (Å²) in [6, 6.07) is 8.04. The summed E-state index contributed by atoms with van der Waals surface area (Å²) < 4.78 is 34.0. The summed E-state index contributed by atoms with van der Waals surface area (Å²) >= 11 is 5.85. The molecule has 3 aromatic rings. The Morgan fingerprint density at radius 3 is 2.70 bits per heavy atom. The lowest BCUT2D eigenvalue weighted by atomic mass is 10.3. The Labute approximate surface area is 135 Å². The molecule has 0 bridgehead atoms. The van der Waals surface area contributed by atoms with Crippen LogP contribution in [0, 0.1) is 0 Å². The van der Waals surface area contributed by atoms with E-state index in [1.807, 2.05) is 0 Å². The number of ether oxygens (including phenoxy) is 1. The number of para-hydroxylation sites is 1. The number of hydrogen-bond donors (Lipinski definition) is 1. The van der Waals surface area contributed by atoms with Crippen LogP contribution in [0.15, 0.2) is 41.7 Å². The van der Waals surface area contributed by atoms with Crippen molar-refractivity contribution >= 4 is 33.5 Å².